The van der Waals surface area contributed by atoms with Gasteiger partial charge in [-0.1, -0.05) is 6.92 Å². The zero-order chi connectivity index (χ0) is 12.8. The third-order valence-corrected chi connectivity index (χ3v) is 3.87. The highest BCUT2D eigenvalue weighted by Crippen LogP contribution is 2.21. The van der Waals surface area contributed by atoms with E-state index in [0.717, 1.165) is 38.5 Å². The van der Waals surface area contributed by atoms with Crippen LogP contribution in [0.2, 0.25) is 0 Å². The Kier molecular flexibility index (Phi) is 5.20. The molecule has 1 aromatic heterocycles. The summed E-state index contributed by atoms with van der Waals surface area (Å²) in [5, 5.41) is 3.47. The van der Waals surface area contributed by atoms with E-state index in [2.05, 4.69) is 35.0 Å². The summed E-state index contributed by atoms with van der Waals surface area (Å²) in [6.07, 6.45) is 8.52. The molecular weight excluding hydrogens is 226 g/mol. The van der Waals surface area contributed by atoms with Crippen LogP contribution in [0.3, 0.4) is 0 Å². The van der Waals surface area contributed by atoms with Crippen molar-refractivity contribution in [1.29, 1.82) is 0 Å². The highest BCUT2D eigenvalue weighted by atomic mass is 16.5. The van der Waals surface area contributed by atoms with Gasteiger partial charge in [0.1, 0.15) is 5.82 Å². The number of hydrogen-bond acceptors (Lipinski definition) is 3. The largest absolute Gasteiger partial charge is 0.381 e. The molecule has 0 aromatic carbocycles. The molecule has 0 amide bonds. The topological polar surface area (TPSA) is 39.1 Å². The molecule has 0 bridgehead atoms. The van der Waals surface area contributed by atoms with E-state index in [9.17, 15) is 0 Å². The quantitative estimate of drug-likeness (QED) is 0.838. The Bertz CT molecular complexity index is 345. The molecule has 0 radical (unpaired) electrons. The Balaban J connectivity index is 1.98. The summed E-state index contributed by atoms with van der Waals surface area (Å²) in [6, 6.07) is 0.520. The third-order valence-electron chi connectivity index (χ3n) is 3.87. The first-order valence-electron chi connectivity index (χ1n) is 7.10. The van der Waals surface area contributed by atoms with E-state index in [4.69, 9.17) is 4.74 Å². The molecule has 0 saturated carbocycles. The average molecular weight is 251 g/mol. The Morgan fingerprint density at radius 2 is 2.28 bits per heavy atom. The van der Waals surface area contributed by atoms with Gasteiger partial charge in [-0.15, -0.1) is 0 Å². The second-order valence-corrected chi connectivity index (χ2v) is 5.09. The molecule has 4 heteroatoms. The second-order valence-electron chi connectivity index (χ2n) is 5.09. The van der Waals surface area contributed by atoms with Crippen LogP contribution in [0.1, 0.15) is 32.0 Å². The van der Waals surface area contributed by atoms with Gasteiger partial charge >= 0.3 is 0 Å². The minimum absolute atomic E-state index is 0.520. The standard InChI is InChI=1S/C14H25N3O/c1-3-7-17-8-6-16-14(17)11-13(15-2)12-4-9-18-10-5-12/h6,8,12-13,15H,3-5,7,9-11H2,1-2H3. The van der Waals surface area contributed by atoms with Crippen molar-refractivity contribution in [2.45, 2.75) is 45.2 Å². The van der Waals surface area contributed by atoms with Crippen LogP contribution in [-0.2, 0) is 17.7 Å². The Morgan fingerprint density at radius 1 is 1.50 bits per heavy atom. The van der Waals surface area contributed by atoms with Crippen molar-refractivity contribution >= 4 is 0 Å². The summed E-state index contributed by atoms with van der Waals surface area (Å²) in [6.45, 7) is 5.09. The third kappa shape index (κ3) is 3.33. The lowest BCUT2D eigenvalue weighted by molar-refractivity contribution is 0.0544. The van der Waals surface area contributed by atoms with Crippen LogP contribution in [0.4, 0.5) is 0 Å². The number of imidazole rings is 1. The van der Waals surface area contributed by atoms with Gasteiger partial charge in [0.2, 0.25) is 0 Å². The molecule has 1 aliphatic heterocycles. The normalized spacial score (nSPS) is 19.0. The number of nitrogens with one attached hydrogen (secondary N) is 1. The maximum atomic E-state index is 5.44. The van der Waals surface area contributed by atoms with Gasteiger partial charge in [-0.2, -0.15) is 0 Å². The molecule has 1 unspecified atom stereocenters. The molecule has 1 fully saturated rings. The van der Waals surface area contributed by atoms with Crippen molar-refractivity contribution in [3.8, 4) is 0 Å². The number of likely N-dealkylation sites (N-methyl/N-ethyl adjacent to an activating group) is 1. The number of rotatable bonds is 6. The van der Waals surface area contributed by atoms with Crippen LogP contribution < -0.4 is 5.32 Å². The minimum atomic E-state index is 0.520. The van der Waals surface area contributed by atoms with Crippen molar-refractivity contribution in [3.63, 3.8) is 0 Å². The summed E-state index contributed by atoms with van der Waals surface area (Å²) in [5.41, 5.74) is 0. The van der Waals surface area contributed by atoms with Gasteiger partial charge in [0, 0.05) is 44.6 Å². The number of aryl methyl sites for hydroxylation is 1. The predicted octanol–water partition coefficient (Wildman–Crippen LogP) is 1.85. The maximum absolute atomic E-state index is 5.44. The van der Waals surface area contributed by atoms with Gasteiger partial charge in [0.25, 0.3) is 0 Å². The fraction of sp³-hybridized carbons (Fsp3) is 0.786. The first kappa shape index (κ1) is 13.6. The van der Waals surface area contributed by atoms with Crippen molar-refractivity contribution in [2.75, 3.05) is 20.3 Å². The second kappa shape index (κ2) is 6.90. The lowest BCUT2D eigenvalue weighted by atomic mass is 9.89. The van der Waals surface area contributed by atoms with E-state index >= 15 is 0 Å². The SMILES string of the molecule is CCCn1ccnc1CC(NC)C1CCOCC1. The minimum Gasteiger partial charge on any atom is -0.381 e. The van der Waals surface area contributed by atoms with Crippen LogP contribution >= 0.6 is 0 Å². The molecule has 1 saturated heterocycles. The molecule has 0 spiro atoms. The highest BCUT2D eigenvalue weighted by Gasteiger charge is 2.24. The van der Waals surface area contributed by atoms with Crippen LogP contribution in [-0.4, -0.2) is 35.9 Å². The van der Waals surface area contributed by atoms with E-state index in [-0.39, 0.29) is 0 Å². The molecule has 1 N–H and O–H groups in total. The molecule has 4 nitrogen and oxygen atoms in total. The zero-order valence-corrected chi connectivity index (χ0v) is 11.6. The predicted molar refractivity (Wildman–Crippen MR) is 72.6 cm³/mol. The van der Waals surface area contributed by atoms with E-state index in [1.807, 2.05) is 6.20 Å². The molecule has 0 aliphatic carbocycles. The molecule has 1 atom stereocenters. The van der Waals surface area contributed by atoms with Crippen LogP contribution in [0.25, 0.3) is 0 Å². The van der Waals surface area contributed by atoms with Gasteiger partial charge < -0.3 is 14.6 Å². The monoisotopic (exact) mass is 251 g/mol. The van der Waals surface area contributed by atoms with Crippen molar-refractivity contribution in [3.05, 3.63) is 18.2 Å². The molecule has 18 heavy (non-hydrogen) atoms. The molecule has 1 aromatic rings. The fourth-order valence-corrected chi connectivity index (χ4v) is 2.79. The van der Waals surface area contributed by atoms with Gasteiger partial charge in [-0.3, -0.25) is 0 Å². The van der Waals surface area contributed by atoms with Gasteiger partial charge in [-0.05, 0) is 32.2 Å². The summed E-state index contributed by atoms with van der Waals surface area (Å²) >= 11 is 0. The number of aromatic nitrogens is 2. The van der Waals surface area contributed by atoms with E-state index in [0.29, 0.717) is 6.04 Å². The molecular formula is C14H25N3O. The van der Waals surface area contributed by atoms with Gasteiger partial charge in [0.15, 0.2) is 0 Å². The lowest BCUT2D eigenvalue weighted by Crippen LogP contribution is -2.39. The van der Waals surface area contributed by atoms with Gasteiger partial charge in [-0.25, -0.2) is 4.98 Å². The molecule has 2 rings (SSSR count). The van der Waals surface area contributed by atoms with Crippen molar-refractivity contribution in [1.82, 2.24) is 14.9 Å². The first-order valence-corrected chi connectivity index (χ1v) is 7.10. The summed E-state index contributed by atoms with van der Waals surface area (Å²) < 4.78 is 7.72. The Labute approximate surface area is 110 Å². The fourth-order valence-electron chi connectivity index (χ4n) is 2.79. The summed E-state index contributed by atoms with van der Waals surface area (Å²) in [5.74, 6) is 1.93. The van der Waals surface area contributed by atoms with Gasteiger partial charge in [0.05, 0.1) is 0 Å². The highest BCUT2D eigenvalue weighted by molar-refractivity contribution is 4.97. The Hall–Kier alpha value is -0.870. The van der Waals surface area contributed by atoms with E-state index < -0.39 is 0 Å². The average Bonchev–Trinajstić information content (AvgIpc) is 2.85. The summed E-state index contributed by atoms with van der Waals surface area (Å²) in [7, 11) is 2.06. The van der Waals surface area contributed by atoms with Crippen LogP contribution in [0.5, 0.6) is 0 Å². The van der Waals surface area contributed by atoms with E-state index in [1.54, 1.807) is 0 Å². The van der Waals surface area contributed by atoms with Crippen LogP contribution in [0.15, 0.2) is 12.4 Å². The van der Waals surface area contributed by atoms with Crippen LogP contribution in [0, 0.1) is 5.92 Å². The number of hydrogen-bond donors (Lipinski definition) is 1. The van der Waals surface area contributed by atoms with Crippen molar-refractivity contribution < 1.29 is 4.74 Å². The smallest absolute Gasteiger partial charge is 0.110 e. The lowest BCUT2D eigenvalue weighted by Gasteiger charge is -2.30. The molecule has 102 valence electrons. The zero-order valence-electron chi connectivity index (χ0n) is 11.6. The Morgan fingerprint density at radius 3 is 2.94 bits per heavy atom. The number of ether oxygens (including phenoxy) is 1. The van der Waals surface area contributed by atoms with E-state index in [1.165, 1.54) is 18.7 Å². The molecule has 2 heterocycles. The molecule has 1 aliphatic rings. The summed E-state index contributed by atoms with van der Waals surface area (Å²) in [4.78, 5) is 4.51. The first-order chi connectivity index (χ1) is 8.85. The maximum Gasteiger partial charge on any atom is 0.110 e. The van der Waals surface area contributed by atoms with Crippen molar-refractivity contribution in [2.24, 2.45) is 5.92 Å². The number of nitrogens with zero attached hydrogens (tertiary/aromatic N) is 2.